The number of carbonyl (C=O) groups excluding carboxylic acids is 1. The van der Waals surface area contributed by atoms with Crippen molar-refractivity contribution in [3.63, 3.8) is 0 Å². The molecule has 11 heteroatoms. The molecular weight excluding hydrogens is 449 g/mol. The van der Waals surface area contributed by atoms with Gasteiger partial charge in [-0.1, -0.05) is 0 Å². The number of halogens is 1. The molecule has 4 aromatic rings. The zero-order valence-electron chi connectivity index (χ0n) is 19.3. The van der Waals surface area contributed by atoms with Crippen LogP contribution in [0.25, 0.3) is 11.3 Å². The Bertz CT molecular complexity index is 1310. The maximum atomic E-state index is 13.1. The minimum atomic E-state index is -0.485. The molecule has 178 valence electrons. The molecule has 0 aliphatic carbocycles. The molecule has 4 aromatic heterocycles. The SMILES string of the molecule is C[C@@H]1CN(c2ccc(F)nc2)CCN1c1cnc(NC(=O)c2ccc(-c3cnn(C)c3)nc2)cn1. The molecule has 35 heavy (non-hydrogen) atoms. The molecule has 1 amide bonds. The number of nitrogens with one attached hydrogen (secondary N) is 1. The van der Waals surface area contributed by atoms with Gasteiger partial charge in [0.15, 0.2) is 5.82 Å². The third-order valence-electron chi connectivity index (χ3n) is 5.90. The number of aryl methyl sites for hydroxylation is 1. The predicted molar refractivity (Wildman–Crippen MR) is 130 cm³/mol. The minimum absolute atomic E-state index is 0.160. The van der Waals surface area contributed by atoms with Gasteiger partial charge >= 0.3 is 0 Å². The summed E-state index contributed by atoms with van der Waals surface area (Å²) in [4.78, 5) is 33.9. The van der Waals surface area contributed by atoms with Crippen molar-refractivity contribution >= 4 is 23.2 Å². The van der Waals surface area contributed by atoms with Crippen molar-refractivity contribution < 1.29 is 9.18 Å². The summed E-state index contributed by atoms with van der Waals surface area (Å²) in [6.45, 7) is 4.33. The Kier molecular flexibility index (Phi) is 6.04. The summed E-state index contributed by atoms with van der Waals surface area (Å²) in [6, 6.07) is 6.77. The normalized spacial score (nSPS) is 15.8. The van der Waals surface area contributed by atoms with Gasteiger partial charge in [-0.3, -0.25) is 14.5 Å². The number of amides is 1. The number of pyridine rings is 2. The van der Waals surface area contributed by atoms with Gasteiger partial charge in [0.1, 0.15) is 5.82 Å². The van der Waals surface area contributed by atoms with Crippen molar-refractivity contribution in [1.82, 2.24) is 29.7 Å². The lowest BCUT2D eigenvalue weighted by molar-refractivity contribution is 0.102. The minimum Gasteiger partial charge on any atom is -0.366 e. The summed E-state index contributed by atoms with van der Waals surface area (Å²) in [5.41, 5.74) is 2.93. The zero-order chi connectivity index (χ0) is 24.4. The standard InChI is InChI=1S/C24H24FN9O/c1-16-14-33(19-4-6-21(25)27-11-19)7-8-34(16)23-13-28-22(12-29-23)31-24(35)17-3-5-20(26-9-17)18-10-30-32(2)15-18/h3-6,9-13,15-16H,7-8,14H2,1-2H3,(H,28,31,35)/t16-/m1/s1. The van der Waals surface area contributed by atoms with Gasteiger partial charge in [-0.2, -0.15) is 9.49 Å². The smallest absolute Gasteiger partial charge is 0.258 e. The van der Waals surface area contributed by atoms with Crippen molar-refractivity contribution in [2.45, 2.75) is 13.0 Å². The van der Waals surface area contributed by atoms with Crippen LogP contribution < -0.4 is 15.1 Å². The fraction of sp³-hybridized carbons (Fsp3) is 0.250. The number of aromatic nitrogens is 6. The van der Waals surface area contributed by atoms with Gasteiger partial charge in [-0.25, -0.2) is 15.0 Å². The average molecular weight is 474 g/mol. The molecule has 10 nitrogen and oxygen atoms in total. The second kappa shape index (κ2) is 9.45. The maximum Gasteiger partial charge on any atom is 0.258 e. The Morgan fingerprint density at radius 3 is 2.51 bits per heavy atom. The highest BCUT2D eigenvalue weighted by Crippen LogP contribution is 2.23. The van der Waals surface area contributed by atoms with Gasteiger partial charge in [0.2, 0.25) is 5.95 Å². The lowest BCUT2D eigenvalue weighted by atomic mass is 10.2. The second-order valence-electron chi connectivity index (χ2n) is 8.38. The van der Waals surface area contributed by atoms with Crippen LogP contribution in [0.5, 0.6) is 0 Å². The van der Waals surface area contributed by atoms with E-state index in [4.69, 9.17) is 0 Å². The Balaban J connectivity index is 1.20. The largest absolute Gasteiger partial charge is 0.366 e. The number of hydrogen-bond acceptors (Lipinski definition) is 8. The van der Waals surface area contributed by atoms with Crippen LogP contribution in [0.3, 0.4) is 0 Å². The van der Waals surface area contributed by atoms with Crippen molar-refractivity contribution in [2.75, 3.05) is 34.8 Å². The van der Waals surface area contributed by atoms with Crippen LogP contribution in [-0.4, -0.2) is 61.3 Å². The van der Waals surface area contributed by atoms with E-state index in [1.54, 1.807) is 47.7 Å². The third kappa shape index (κ3) is 4.93. The Labute approximate surface area is 201 Å². The lowest BCUT2D eigenvalue weighted by Crippen LogP contribution is -2.52. The third-order valence-corrected chi connectivity index (χ3v) is 5.90. The van der Waals surface area contributed by atoms with E-state index < -0.39 is 5.95 Å². The Hall–Kier alpha value is -4.41. The highest BCUT2D eigenvalue weighted by atomic mass is 19.1. The number of nitrogens with zero attached hydrogens (tertiary/aromatic N) is 8. The number of anilines is 3. The van der Waals surface area contributed by atoms with Crippen molar-refractivity contribution in [2.24, 2.45) is 7.05 Å². The van der Waals surface area contributed by atoms with Gasteiger partial charge in [-0.15, -0.1) is 0 Å². The molecule has 1 saturated heterocycles. The highest BCUT2D eigenvalue weighted by molar-refractivity contribution is 6.03. The summed E-state index contributed by atoms with van der Waals surface area (Å²) in [6.07, 6.45) is 9.87. The summed E-state index contributed by atoms with van der Waals surface area (Å²) < 4.78 is 14.8. The monoisotopic (exact) mass is 473 g/mol. The molecule has 0 saturated carbocycles. The van der Waals surface area contributed by atoms with E-state index in [1.807, 2.05) is 13.2 Å². The number of hydrogen-bond donors (Lipinski definition) is 1. The van der Waals surface area contributed by atoms with Gasteiger partial charge in [0, 0.05) is 50.7 Å². The molecule has 5 heterocycles. The van der Waals surface area contributed by atoms with E-state index in [2.05, 4.69) is 47.1 Å². The Morgan fingerprint density at radius 2 is 1.89 bits per heavy atom. The van der Waals surface area contributed by atoms with Crippen LogP contribution in [0.15, 0.2) is 61.4 Å². The number of piperazine rings is 1. The molecule has 5 rings (SSSR count). The fourth-order valence-electron chi connectivity index (χ4n) is 4.06. The quantitative estimate of drug-likeness (QED) is 0.441. The van der Waals surface area contributed by atoms with Crippen LogP contribution in [0, 0.1) is 5.95 Å². The Morgan fingerprint density at radius 1 is 1.00 bits per heavy atom. The number of carbonyl (C=O) groups is 1. The molecule has 0 spiro atoms. The van der Waals surface area contributed by atoms with Crippen molar-refractivity contribution in [3.05, 3.63) is 73.0 Å². The first-order chi connectivity index (χ1) is 17.0. The van der Waals surface area contributed by atoms with E-state index >= 15 is 0 Å². The van der Waals surface area contributed by atoms with Crippen LogP contribution in [0.4, 0.5) is 21.7 Å². The van der Waals surface area contributed by atoms with Gasteiger partial charge in [-0.05, 0) is 31.2 Å². The molecule has 0 aromatic carbocycles. The molecular formula is C24H24FN9O. The van der Waals surface area contributed by atoms with Gasteiger partial charge < -0.3 is 15.1 Å². The van der Waals surface area contributed by atoms with Crippen LogP contribution in [0.1, 0.15) is 17.3 Å². The average Bonchev–Trinajstić information content (AvgIpc) is 3.31. The first-order valence-electron chi connectivity index (χ1n) is 11.2. The van der Waals surface area contributed by atoms with Crippen LogP contribution >= 0.6 is 0 Å². The summed E-state index contributed by atoms with van der Waals surface area (Å²) >= 11 is 0. The van der Waals surface area contributed by atoms with E-state index in [9.17, 15) is 9.18 Å². The maximum absolute atomic E-state index is 13.1. The summed E-state index contributed by atoms with van der Waals surface area (Å²) in [5, 5.41) is 6.90. The molecule has 1 fully saturated rings. The van der Waals surface area contributed by atoms with Gasteiger partial charge in [0.25, 0.3) is 5.91 Å². The van der Waals surface area contributed by atoms with Crippen molar-refractivity contribution in [1.29, 1.82) is 0 Å². The van der Waals surface area contributed by atoms with Crippen LogP contribution in [0.2, 0.25) is 0 Å². The number of rotatable bonds is 5. The fourth-order valence-corrected chi connectivity index (χ4v) is 4.06. The zero-order valence-corrected chi connectivity index (χ0v) is 19.3. The lowest BCUT2D eigenvalue weighted by Gasteiger charge is -2.41. The first-order valence-corrected chi connectivity index (χ1v) is 11.2. The summed E-state index contributed by atoms with van der Waals surface area (Å²) in [7, 11) is 1.84. The summed E-state index contributed by atoms with van der Waals surface area (Å²) in [5.74, 6) is 0.293. The van der Waals surface area contributed by atoms with Crippen LogP contribution in [-0.2, 0) is 7.05 Å². The van der Waals surface area contributed by atoms with E-state index in [0.29, 0.717) is 11.4 Å². The first kappa shape index (κ1) is 22.4. The molecule has 0 unspecified atom stereocenters. The topological polar surface area (TPSA) is 105 Å². The van der Waals surface area contributed by atoms with E-state index in [1.165, 1.54) is 12.3 Å². The molecule has 1 N–H and O–H groups in total. The predicted octanol–water partition coefficient (Wildman–Crippen LogP) is 2.77. The van der Waals surface area contributed by atoms with Crippen molar-refractivity contribution in [3.8, 4) is 11.3 Å². The molecule has 1 aliphatic rings. The molecule has 0 radical (unpaired) electrons. The van der Waals surface area contributed by atoms with Gasteiger partial charge in [0.05, 0.1) is 41.7 Å². The molecule has 1 aliphatic heterocycles. The second-order valence-corrected chi connectivity index (χ2v) is 8.38. The van der Waals surface area contributed by atoms with E-state index in [-0.39, 0.29) is 11.9 Å². The molecule has 0 bridgehead atoms. The van der Waals surface area contributed by atoms with E-state index in [0.717, 1.165) is 42.4 Å². The highest BCUT2D eigenvalue weighted by Gasteiger charge is 2.25. The molecule has 1 atom stereocenters.